The number of hydrogen-bond donors (Lipinski definition) is 2. The van der Waals surface area contributed by atoms with Gasteiger partial charge in [-0.15, -0.1) is 0 Å². The Kier molecular flexibility index (Phi) is 6.32. The normalized spacial score (nSPS) is 12.4. The number of thiocarbonyl (C=S) groups is 1. The fourth-order valence-corrected chi connectivity index (χ4v) is 4.36. The van der Waals surface area contributed by atoms with Gasteiger partial charge in [-0.05, 0) is 66.8 Å². The van der Waals surface area contributed by atoms with Crippen molar-refractivity contribution in [1.29, 1.82) is 0 Å². The summed E-state index contributed by atoms with van der Waals surface area (Å²) in [5.74, 6) is -0.870. The van der Waals surface area contributed by atoms with Crippen molar-refractivity contribution in [3.8, 4) is 11.3 Å². The molecule has 0 unspecified atom stereocenters. The summed E-state index contributed by atoms with van der Waals surface area (Å²) in [7, 11) is 0. The van der Waals surface area contributed by atoms with Crippen molar-refractivity contribution in [2.24, 2.45) is 0 Å². The number of nitrogens with zero attached hydrogens (tertiary/aromatic N) is 1. The van der Waals surface area contributed by atoms with E-state index in [1.807, 2.05) is 6.07 Å². The second-order valence-corrected chi connectivity index (χ2v) is 8.99. The van der Waals surface area contributed by atoms with Crippen molar-refractivity contribution in [3.63, 3.8) is 0 Å². The van der Waals surface area contributed by atoms with Crippen LogP contribution in [0.3, 0.4) is 0 Å². The molecule has 36 heavy (non-hydrogen) atoms. The number of nitrogens with one attached hydrogen (secondary N) is 2. The van der Waals surface area contributed by atoms with Crippen molar-refractivity contribution in [2.45, 2.75) is 0 Å². The van der Waals surface area contributed by atoms with Gasteiger partial charge in [-0.1, -0.05) is 47.5 Å². The smallest absolute Gasteiger partial charge is 0.293 e. The topological polar surface area (TPSA) is 91.7 Å². The molecule has 0 fully saturated rings. The minimum absolute atomic E-state index is 0.0175. The number of halogens is 2. The number of imide groups is 1. The fraction of sp³-hybridized carbons (Fsp3) is 0. The number of rotatable bonds is 4. The molecular formula is C26H15Cl2N3O4S. The lowest BCUT2D eigenvalue weighted by Gasteiger charge is -2.16. The van der Waals surface area contributed by atoms with Gasteiger partial charge in [0.05, 0.1) is 27.5 Å². The minimum atomic E-state index is -0.556. The molecule has 2 N–H and O–H groups in total. The van der Waals surface area contributed by atoms with Gasteiger partial charge in [0.15, 0.2) is 10.9 Å². The van der Waals surface area contributed by atoms with Crippen LogP contribution in [0.25, 0.3) is 11.3 Å². The van der Waals surface area contributed by atoms with E-state index in [1.54, 1.807) is 60.7 Å². The van der Waals surface area contributed by atoms with E-state index in [2.05, 4.69) is 10.6 Å². The number of anilines is 2. The molecule has 3 amide bonds. The molecule has 0 bridgehead atoms. The summed E-state index contributed by atoms with van der Waals surface area (Å²) in [4.78, 5) is 39.1. The van der Waals surface area contributed by atoms with Crippen molar-refractivity contribution in [3.05, 3.63) is 106 Å². The van der Waals surface area contributed by atoms with Crippen LogP contribution in [-0.2, 0) is 0 Å². The summed E-state index contributed by atoms with van der Waals surface area (Å²) in [5, 5.41) is 6.09. The maximum atomic E-state index is 12.7. The number of furan rings is 1. The van der Waals surface area contributed by atoms with E-state index in [1.165, 1.54) is 12.1 Å². The lowest BCUT2D eigenvalue weighted by Crippen LogP contribution is -2.34. The number of benzene rings is 3. The van der Waals surface area contributed by atoms with Gasteiger partial charge in [0.1, 0.15) is 5.76 Å². The van der Waals surface area contributed by atoms with Gasteiger partial charge in [0.25, 0.3) is 17.7 Å². The van der Waals surface area contributed by atoms with Gasteiger partial charge in [0.2, 0.25) is 0 Å². The highest BCUT2D eigenvalue weighted by atomic mass is 35.5. The first-order chi connectivity index (χ1) is 17.3. The molecular weight excluding hydrogens is 521 g/mol. The van der Waals surface area contributed by atoms with Gasteiger partial charge in [-0.25, -0.2) is 4.90 Å². The van der Waals surface area contributed by atoms with Crippen LogP contribution in [0.2, 0.25) is 10.0 Å². The first-order valence-electron chi connectivity index (χ1n) is 10.6. The average molecular weight is 536 g/mol. The fourth-order valence-electron chi connectivity index (χ4n) is 3.74. The predicted molar refractivity (Wildman–Crippen MR) is 142 cm³/mol. The molecule has 5 rings (SSSR count). The third-order valence-corrected chi connectivity index (χ3v) is 6.17. The molecule has 3 aromatic carbocycles. The highest BCUT2D eigenvalue weighted by Gasteiger charge is 2.36. The van der Waals surface area contributed by atoms with Gasteiger partial charge in [0, 0.05) is 10.6 Å². The van der Waals surface area contributed by atoms with E-state index < -0.39 is 17.7 Å². The lowest BCUT2D eigenvalue weighted by atomic mass is 10.1. The van der Waals surface area contributed by atoms with Crippen molar-refractivity contribution < 1.29 is 18.8 Å². The molecule has 10 heteroatoms. The molecule has 178 valence electrons. The second-order valence-electron chi connectivity index (χ2n) is 7.74. The first kappa shape index (κ1) is 23.7. The molecule has 7 nitrogen and oxygen atoms in total. The largest absolute Gasteiger partial charge is 0.451 e. The molecule has 1 aliphatic heterocycles. The van der Waals surface area contributed by atoms with E-state index >= 15 is 0 Å². The number of fused-ring (bicyclic) bond motifs is 1. The van der Waals surface area contributed by atoms with Crippen LogP contribution in [0.1, 0.15) is 31.3 Å². The van der Waals surface area contributed by atoms with Crippen LogP contribution in [0.4, 0.5) is 11.4 Å². The van der Waals surface area contributed by atoms with Crippen LogP contribution in [0.5, 0.6) is 0 Å². The summed E-state index contributed by atoms with van der Waals surface area (Å²) in [6, 6.07) is 21.4. The zero-order valence-electron chi connectivity index (χ0n) is 18.2. The Bertz CT molecular complexity index is 1530. The highest BCUT2D eigenvalue weighted by Crippen LogP contribution is 2.33. The SMILES string of the molecule is O=C(NC(=S)Nc1ccc(N2C(=O)c3ccccc3C2=O)cc1Cl)c1ccc(-c2cccc(Cl)c2)o1. The van der Waals surface area contributed by atoms with Crippen molar-refractivity contribution in [2.75, 3.05) is 10.2 Å². The summed E-state index contributed by atoms with van der Waals surface area (Å²) >= 11 is 17.6. The average Bonchev–Trinajstić information content (AvgIpc) is 3.45. The molecule has 0 aliphatic carbocycles. The zero-order valence-corrected chi connectivity index (χ0v) is 20.6. The Morgan fingerprint density at radius 2 is 1.58 bits per heavy atom. The molecule has 1 aliphatic rings. The van der Waals surface area contributed by atoms with Crippen LogP contribution < -0.4 is 15.5 Å². The molecule has 0 atom stereocenters. The van der Waals surface area contributed by atoms with Gasteiger partial charge >= 0.3 is 0 Å². The van der Waals surface area contributed by atoms with E-state index in [-0.39, 0.29) is 15.9 Å². The summed E-state index contributed by atoms with van der Waals surface area (Å²) in [6.45, 7) is 0. The summed E-state index contributed by atoms with van der Waals surface area (Å²) in [6.07, 6.45) is 0. The molecule has 0 saturated heterocycles. The quantitative estimate of drug-likeness (QED) is 0.239. The third-order valence-electron chi connectivity index (χ3n) is 5.42. The maximum absolute atomic E-state index is 12.7. The lowest BCUT2D eigenvalue weighted by molar-refractivity contribution is 0.0922. The Balaban J connectivity index is 1.26. The zero-order chi connectivity index (χ0) is 25.4. The third kappa shape index (κ3) is 4.49. The van der Waals surface area contributed by atoms with E-state index in [4.69, 9.17) is 39.8 Å². The predicted octanol–water partition coefficient (Wildman–Crippen LogP) is 6.18. The number of carbonyl (C=O) groups is 3. The Hall–Kier alpha value is -3.98. The van der Waals surface area contributed by atoms with E-state index in [9.17, 15) is 14.4 Å². The van der Waals surface area contributed by atoms with Crippen molar-refractivity contribution in [1.82, 2.24) is 5.32 Å². The monoisotopic (exact) mass is 535 g/mol. The second kappa shape index (κ2) is 9.58. The molecule has 0 radical (unpaired) electrons. The van der Waals surface area contributed by atoms with Crippen molar-refractivity contribution >= 4 is 69.6 Å². The van der Waals surface area contributed by atoms with Crippen LogP contribution in [0.15, 0.2) is 83.3 Å². The van der Waals surface area contributed by atoms with E-state index in [0.29, 0.717) is 33.3 Å². The molecule has 2 heterocycles. The first-order valence-corrected chi connectivity index (χ1v) is 11.7. The minimum Gasteiger partial charge on any atom is -0.451 e. The van der Waals surface area contributed by atoms with Crippen LogP contribution in [-0.4, -0.2) is 22.8 Å². The summed E-state index contributed by atoms with van der Waals surface area (Å²) < 4.78 is 5.63. The molecule has 0 spiro atoms. The van der Waals surface area contributed by atoms with E-state index in [0.717, 1.165) is 10.5 Å². The molecule has 0 saturated carbocycles. The standard InChI is InChI=1S/C26H15Cl2N3O4S/c27-15-5-3-4-14(12-15)21-10-11-22(35-21)23(32)30-26(36)29-20-9-8-16(13-19(20)28)31-24(33)17-6-1-2-7-18(17)25(31)34/h1-13H,(H2,29,30,32,36). The Labute approximate surface area is 220 Å². The number of carbonyl (C=O) groups excluding carboxylic acids is 3. The van der Waals surface area contributed by atoms with Gasteiger partial charge in [-0.2, -0.15) is 0 Å². The molecule has 4 aromatic rings. The molecule has 1 aromatic heterocycles. The number of amides is 3. The maximum Gasteiger partial charge on any atom is 0.293 e. The Morgan fingerprint density at radius 1 is 0.861 bits per heavy atom. The van der Waals surface area contributed by atoms with Crippen LogP contribution in [0, 0.1) is 0 Å². The van der Waals surface area contributed by atoms with Crippen LogP contribution >= 0.6 is 35.4 Å². The Morgan fingerprint density at radius 3 is 2.25 bits per heavy atom. The van der Waals surface area contributed by atoms with Gasteiger partial charge in [-0.3, -0.25) is 19.7 Å². The summed E-state index contributed by atoms with van der Waals surface area (Å²) in [5.41, 5.74) is 2.09. The number of hydrogen-bond acceptors (Lipinski definition) is 5. The highest BCUT2D eigenvalue weighted by molar-refractivity contribution is 7.80. The van der Waals surface area contributed by atoms with Gasteiger partial charge < -0.3 is 9.73 Å².